The van der Waals surface area contributed by atoms with Crippen LogP contribution in [0.4, 0.5) is 0 Å². The standard InChI is InChI=1S/C28H28N2S/c1-20(19-31-22(3)24-10-5-4-6-11-24)13-14-23-9-7-8-12-25(17-23)28-18-26-21(2)29-16-15-27(26)30-28/h4-6,8-14,17-19,29-30H,2-3,7,15-16H2,1H3/b14-13-,20-19+. The van der Waals surface area contributed by atoms with Crippen molar-refractivity contribution in [2.75, 3.05) is 6.54 Å². The second-order valence-corrected chi connectivity index (χ2v) is 8.74. The Morgan fingerprint density at radius 3 is 2.84 bits per heavy atom. The van der Waals surface area contributed by atoms with Gasteiger partial charge in [0.15, 0.2) is 0 Å². The molecule has 2 aliphatic rings. The van der Waals surface area contributed by atoms with E-state index in [0.717, 1.165) is 41.2 Å². The molecule has 0 atom stereocenters. The van der Waals surface area contributed by atoms with Gasteiger partial charge in [0.2, 0.25) is 0 Å². The van der Waals surface area contributed by atoms with Gasteiger partial charge in [-0.3, -0.25) is 0 Å². The van der Waals surface area contributed by atoms with Crippen molar-refractivity contribution >= 4 is 27.9 Å². The van der Waals surface area contributed by atoms with E-state index in [-0.39, 0.29) is 0 Å². The molecule has 2 N–H and O–H groups in total. The van der Waals surface area contributed by atoms with Gasteiger partial charge in [-0.1, -0.05) is 85.6 Å². The molecule has 0 bridgehead atoms. The molecule has 0 amide bonds. The van der Waals surface area contributed by atoms with Gasteiger partial charge in [-0.2, -0.15) is 0 Å². The van der Waals surface area contributed by atoms with E-state index >= 15 is 0 Å². The second-order valence-electron chi connectivity index (χ2n) is 7.77. The van der Waals surface area contributed by atoms with E-state index in [1.807, 2.05) is 18.2 Å². The average molecular weight is 425 g/mol. The fraction of sp³-hybridized carbons (Fsp3) is 0.143. The fourth-order valence-corrected chi connectivity index (χ4v) is 4.32. The molecule has 0 saturated carbocycles. The molecular formula is C28H28N2S. The Morgan fingerprint density at radius 2 is 2.03 bits per heavy atom. The van der Waals surface area contributed by atoms with Crippen LogP contribution in [-0.4, -0.2) is 11.5 Å². The zero-order valence-corrected chi connectivity index (χ0v) is 18.8. The van der Waals surface area contributed by atoms with Crippen LogP contribution in [-0.2, 0) is 6.42 Å². The number of hydrogen-bond acceptors (Lipinski definition) is 2. The maximum absolute atomic E-state index is 4.19. The monoisotopic (exact) mass is 424 g/mol. The molecule has 2 heterocycles. The van der Waals surface area contributed by atoms with Crippen LogP contribution in [0, 0.1) is 0 Å². The quantitative estimate of drug-likeness (QED) is 0.477. The van der Waals surface area contributed by atoms with Gasteiger partial charge < -0.3 is 10.3 Å². The number of hydrogen-bond donors (Lipinski definition) is 2. The normalized spacial score (nSPS) is 16.4. The van der Waals surface area contributed by atoms with Crippen molar-refractivity contribution < 1.29 is 0 Å². The van der Waals surface area contributed by atoms with E-state index in [0.29, 0.717) is 0 Å². The molecule has 2 aromatic rings. The second kappa shape index (κ2) is 9.76. The molecule has 31 heavy (non-hydrogen) atoms. The van der Waals surface area contributed by atoms with E-state index in [9.17, 15) is 0 Å². The van der Waals surface area contributed by atoms with Crippen molar-refractivity contribution in [3.8, 4) is 0 Å². The number of fused-ring (bicyclic) bond motifs is 1. The molecule has 1 aliphatic carbocycles. The summed E-state index contributed by atoms with van der Waals surface area (Å²) < 4.78 is 0. The van der Waals surface area contributed by atoms with Gasteiger partial charge in [-0.15, -0.1) is 0 Å². The van der Waals surface area contributed by atoms with E-state index < -0.39 is 0 Å². The molecule has 4 rings (SSSR count). The topological polar surface area (TPSA) is 27.8 Å². The highest BCUT2D eigenvalue weighted by molar-refractivity contribution is 8.10. The Morgan fingerprint density at radius 1 is 1.19 bits per heavy atom. The van der Waals surface area contributed by atoms with E-state index in [2.05, 4.69) is 90.4 Å². The smallest absolute Gasteiger partial charge is 0.0463 e. The molecule has 0 saturated heterocycles. The number of H-pyrrole nitrogens is 1. The van der Waals surface area contributed by atoms with Crippen molar-refractivity contribution in [2.24, 2.45) is 0 Å². The van der Waals surface area contributed by atoms with Gasteiger partial charge >= 0.3 is 0 Å². The molecule has 156 valence electrons. The van der Waals surface area contributed by atoms with Crippen molar-refractivity contribution in [1.82, 2.24) is 10.3 Å². The summed E-state index contributed by atoms with van der Waals surface area (Å²) in [5.74, 6) is 0. The van der Waals surface area contributed by atoms with Crippen LogP contribution in [0.2, 0.25) is 0 Å². The zero-order valence-electron chi connectivity index (χ0n) is 17.9. The molecule has 1 aromatic heterocycles. The highest BCUT2D eigenvalue weighted by atomic mass is 32.2. The SMILES string of the molecule is C=C(S/C=C(C)/C=C\C1=CCC=CC(c2cc3c([nH]2)CCNC3=C)=C1)c1ccccc1. The third-order valence-electron chi connectivity index (χ3n) is 5.38. The first-order valence-electron chi connectivity index (χ1n) is 10.6. The summed E-state index contributed by atoms with van der Waals surface area (Å²) >= 11 is 1.67. The van der Waals surface area contributed by atoms with Gasteiger partial charge in [-0.05, 0) is 53.2 Å². The molecule has 1 aliphatic heterocycles. The third-order valence-corrected chi connectivity index (χ3v) is 6.39. The fourth-order valence-electron chi connectivity index (χ4n) is 3.65. The molecule has 0 fully saturated rings. The Bertz CT molecular complexity index is 1140. The molecule has 0 radical (unpaired) electrons. The predicted octanol–water partition coefficient (Wildman–Crippen LogP) is 7.26. The zero-order chi connectivity index (χ0) is 21.6. The number of rotatable bonds is 6. The number of aromatic amines is 1. The lowest BCUT2D eigenvalue weighted by Gasteiger charge is -2.15. The highest BCUT2D eigenvalue weighted by Crippen LogP contribution is 2.29. The van der Waals surface area contributed by atoms with Crippen molar-refractivity contribution in [2.45, 2.75) is 19.8 Å². The Kier molecular flexibility index (Phi) is 6.63. The van der Waals surface area contributed by atoms with Crippen LogP contribution in [0.15, 0.2) is 103 Å². The van der Waals surface area contributed by atoms with Crippen LogP contribution in [0.3, 0.4) is 0 Å². The van der Waals surface area contributed by atoms with Crippen LogP contribution in [0.1, 0.15) is 35.9 Å². The van der Waals surface area contributed by atoms with Gasteiger partial charge in [0.1, 0.15) is 0 Å². The molecular weight excluding hydrogens is 396 g/mol. The van der Waals surface area contributed by atoms with E-state index in [4.69, 9.17) is 0 Å². The number of thioether (sulfide) groups is 1. The van der Waals surface area contributed by atoms with Gasteiger partial charge in [0, 0.05) is 40.5 Å². The van der Waals surface area contributed by atoms with Crippen molar-refractivity contribution in [3.05, 3.63) is 125 Å². The molecule has 1 aromatic carbocycles. The first-order chi connectivity index (χ1) is 15.1. The van der Waals surface area contributed by atoms with Gasteiger partial charge in [0.05, 0.1) is 0 Å². The first kappa shape index (κ1) is 21.1. The summed E-state index contributed by atoms with van der Waals surface area (Å²) in [6.45, 7) is 11.4. The van der Waals surface area contributed by atoms with Crippen LogP contribution in [0.5, 0.6) is 0 Å². The lowest BCUT2D eigenvalue weighted by atomic mass is 10.1. The third kappa shape index (κ3) is 5.31. The minimum Gasteiger partial charge on any atom is -0.385 e. The average Bonchev–Trinajstić information content (AvgIpc) is 3.09. The lowest BCUT2D eigenvalue weighted by molar-refractivity contribution is 0.800. The predicted molar refractivity (Wildman–Crippen MR) is 137 cm³/mol. The molecule has 0 unspecified atom stereocenters. The summed E-state index contributed by atoms with van der Waals surface area (Å²) in [4.78, 5) is 4.65. The van der Waals surface area contributed by atoms with Crippen LogP contribution in [0.25, 0.3) is 16.2 Å². The number of benzene rings is 1. The Balaban J connectivity index is 1.46. The molecule has 0 spiro atoms. The van der Waals surface area contributed by atoms with E-state index in [1.54, 1.807) is 11.8 Å². The minimum atomic E-state index is 0.927. The van der Waals surface area contributed by atoms with Crippen molar-refractivity contribution in [1.29, 1.82) is 0 Å². The van der Waals surface area contributed by atoms with E-state index in [1.165, 1.54) is 28.0 Å². The number of allylic oxidation sites excluding steroid dienone is 9. The Labute approximate surface area is 189 Å². The Hall–Kier alpha value is -3.17. The summed E-state index contributed by atoms with van der Waals surface area (Å²) in [6.07, 6.45) is 15.2. The van der Waals surface area contributed by atoms with Gasteiger partial charge in [-0.25, -0.2) is 0 Å². The van der Waals surface area contributed by atoms with Crippen LogP contribution >= 0.6 is 11.8 Å². The maximum Gasteiger partial charge on any atom is 0.0463 e. The molecule has 2 nitrogen and oxygen atoms in total. The molecule has 3 heteroatoms. The highest BCUT2D eigenvalue weighted by Gasteiger charge is 2.16. The largest absolute Gasteiger partial charge is 0.385 e. The summed E-state index contributed by atoms with van der Waals surface area (Å²) in [5, 5.41) is 5.51. The summed E-state index contributed by atoms with van der Waals surface area (Å²) in [5.41, 5.74) is 9.41. The summed E-state index contributed by atoms with van der Waals surface area (Å²) in [7, 11) is 0. The number of aromatic nitrogens is 1. The van der Waals surface area contributed by atoms with Crippen LogP contribution < -0.4 is 5.32 Å². The maximum atomic E-state index is 4.19. The van der Waals surface area contributed by atoms with Crippen molar-refractivity contribution in [3.63, 3.8) is 0 Å². The number of nitrogens with one attached hydrogen (secondary N) is 2. The minimum absolute atomic E-state index is 0.927. The summed E-state index contributed by atoms with van der Waals surface area (Å²) in [6, 6.07) is 12.5. The first-order valence-corrected chi connectivity index (χ1v) is 11.5. The lowest BCUT2D eigenvalue weighted by Crippen LogP contribution is -2.21. The van der Waals surface area contributed by atoms with Gasteiger partial charge in [0.25, 0.3) is 0 Å².